The Morgan fingerprint density at radius 3 is 2.36 bits per heavy atom. The van der Waals surface area contributed by atoms with Gasteiger partial charge in [-0.15, -0.1) is 0 Å². The standard InChI is InChI=1S/C17H21N3O2/c1-14(21)18-9-2-3-10-19-17(22)15-7-6-8-16(13-15)20-11-4-5-12-20/h4-8,11-13H,2-3,9-10H2,1H3,(H,18,21)(H,19,22). The van der Waals surface area contributed by atoms with Crippen LogP contribution < -0.4 is 10.6 Å². The predicted octanol–water partition coefficient (Wildman–Crippen LogP) is 2.12. The molecule has 2 amide bonds. The highest BCUT2D eigenvalue weighted by atomic mass is 16.2. The van der Waals surface area contributed by atoms with Crippen LogP contribution in [0.4, 0.5) is 0 Å². The maximum absolute atomic E-state index is 12.1. The molecule has 0 saturated heterocycles. The van der Waals surface area contributed by atoms with E-state index in [0.29, 0.717) is 18.7 Å². The van der Waals surface area contributed by atoms with Crippen molar-refractivity contribution < 1.29 is 9.59 Å². The molecule has 1 aromatic heterocycles. The van der Waals surface area contributed by atoms with Crippen LogP contribution in [0.5, 0.6) is 0 Å². The van der Waals surface area contributed by atoms with Gasteiger partial charge in [0.2, 0.25) is 5.91 Å². The Hall–Kier alpha value is -2.56. The van der Waals surface area contributed by atoms with Gasteiger partial charge < -0.3 is 15.2 Å². The van der Waals surface area contributed by atoms with Gasteiger partial charge >= 0.3 is 0 Å². The number of amides is 2. The molecule has 5 nitrogen and oxygen atoms in total. The molecule has 2 aromatic rings. The number of nitrogens with zero attached hydrogens (tertiary/aromatic N) is 1. The molecular formula is C17H21N3O2. The second kappa shape index (κ2) is 8.02. The van der Waals surface area contributed by atoms with Crippen molar-refractivity contribution in [3.8, 4) is 5.69 Å². The van der Waals surface area contributed by atoms with Gasteiger partial charge in [-0.05, 0) is 43.2 Å². The predicted molar refractivity (Wildman–Crippen MR) is 86.0 cm³/mol. The van der Waals surface area contributed by atoms with Crippen molar-refractivity contribution in [2.24, 2.45) is 0 Å². The zero-order valence-corrected chi connectivity index (χ0v) is 12.7. The fourth-order valence-corrected chi connectivity index (χ4v) is 2.13. The summed E-state index contributed by atoms with van der Waals surface area (Å²) in [6.07, 6.45) is 5.57. The summed E-state index contributed by atoms with van der Waals surface area (Å²) in [5, 5.41) is 5.63. The average Bonchev–Trinajstić information content (AvgIpc) is 3.05. The molecule has 0 bridgehead atoms. The van der Waals surface area contributed by atoms with Crippen molar-refractivity contribution in [1.29, 1.82) is 0 Å². The average molecular weight is 299 g/mol. The van der Waals surface area contributed by atoms with E-state index in [1.807, 2.05) is 47.3 Å². The number of rotatable bonds is 7. The first-order valence-corrected chi connectivity index (χ1v) is 7.43. The van der Waals surface area contributed by atoms with E-state index in [0.717, 1.165) is 18.5 Å². The molecule has 0 aliphatic heterocycles. The highest BCUT2D eigenvalue weighted by Crippen LogP contribution is 2.10. The quantitative estimate of drug-likeness (QED) is 0.769. The lowest BCUT2D eigenvalue weighted by Crippen LogP contribution is -2.26. The maximum Gasteiger partial charge on any atom is 0.251 e. The van der Waals surface area contributed by atoms with E-state index < -0.39 is 0 Å². The van der Waals surface area contributed by atoms with Crippen molar-refractivity contribution in [2.75, 3.05) is 13.1 Å². The topological polar surface area (TPSA) is 63.1 Å². The van der Waals surface area contributed by atoms with Gasteiger partial charge in [0.05, 0.1) is 0 Å². The number of aromatic nitrogens is 1. The summed E-state index contributed by atoms with van der Waals surface area (Å²) < 4.78 is 1.96. The molecule has 1 aromatic carbocycles. The van der Waals surface area contributed by atoms with Crippen molar-refractivity contribution in [3.05, 3.63) is 54.4 Å². The van der Waals surface area contributed by atoms with Crippen molar-refractivity contribution in [1.82, 2.24) is 15.2 Å². The van der Waals surface area contributed by atoms with E-state index >= 15 is 0 Å². The van der Waals surface area contributed by atoms with E-state index in [9.17, 15) is 9.59 Å². The lowest BCUT2D eigenvalue weighted by molar-refractivity contribution is -0.118. The van der Waals surface area contributed by atoms with Gasteiger partial charge in [0.25, 0.3) is 5.91 Å². The molecule has 0 spiro atoms. The van der Waals surface area contributed by atoms with Crippen LogP contribution in [0.3, 0.4) is 0 Å². The molecule has 0 atom stereocenters. The molecule has 5 heteroatoms. The van der Waals surface area contributed by atoms with Gasteiger partial charge in [-0.2, -0.15) is 0 Å². The van der Waals surface area contributed by atoms with E-state index in [1.54, 1.807) is 6.07 Å². The number of carbonyl (C=O) groups excluding carboxylic acids is 2. The van der Waals surface area contributed by atoms with Crippen LogP contribution in [0.2, 0.25) is 0 Å². The summed E-state index contributed by atoms with van der Waals surface area (Å²) >= 11 is 0. The van der Waals surface area contributed by atoms with E-state index in [4.69, 9.17) is 0 Å². The minimum Gasteiger partial charge on any atom is -0.356 e. The van der Waals surface area contributed by atoms with Crippen LogP contribution in [0.25, 0.3) is 5.69 Å². The first-order valence-electron chi connectivity index (χ1n) is 7.43. The summed E-state index contributed by atoms with van der Waals surface area (Å²) in [6, 6.07) is 11.4. The zero-order valence-electron chi connectivity index (χ0n) is 12.7. The number of benzene rings is 1. The van der Waals surface area contributed by atoms with Crippen molar-refractivity contribution in [3.63, 3.8) is 0 Å². The number of nitrogens with one attached hydrogen (secondary N) is 2. The molecular weight excluding hydrogens is 278 g/mol. The molecule has 1 heterocycles. The van der Waals surface area contributed by atoms with E-state index in [-0.39, 0.29) is 11.8 Å². The van der Waals surface area contributed by atoms with Crippen LogP contribution >= 0.6 is 0 Å². The molecule has 2 rings (SSSR count). The zero-order chi connectivity index (χ0) is 15.8. The summed E-state index contributed by atoms with van der Waals surface area (Å²) in [4.78, 5) is 22.8. The number of hydrogen-bond acceptors (Lipinski definition) is 2. The molecule has 0 radical (unpaired) electrons. The molecule has 0 aliphatic carbocycles. The van der Waals surface area contributed by atoms with E-state index in [1.165, 1.54) is 6.92 Å². The fraction of sp³-hybridized carbons (Fsp3) is 0.294. The van der Waals surface area contributed by atoms with Gasteiger partial charge in [0, 0.05) is 43.7 Å². The summed E-state index contributed by atoms with van der Waals surface area (Å²) in [5.74, 6) is -0.0978. The smallest absolute Gasteiger partial charge is 0.251 e. The molecule has 22 heavy (non-hydrogen) atoms. The van der Waals surface area contributed by atoms with Crippen LogP contribution in [0.1, 0.15) is 30.1 Å². The Morgan fingerprint density at radius 2 is 1.68 bits per heavy atom. The minimum atomic E-state index is -0.0754. The summed E-state index contributed by atoms with van der Waals surface area (Å²) in [5.41, 5.74) is 1.61. The van der Waals surface area contributed by atoms with Crippen LogP contribution in [-0.2, 0) is 4.79 Å². The second-order valence-electron chi connectivity index (χ2n) is 5.09. The maximum atomic E-state index is 12.1. The van der Waals surface area contributed by atoms with Gasteiger partial charge in [0.1, 0.15) is 0 Å². The van der Waals surface area contributed by atoms with Crippen molar-refractivity contribution >= 4 is 11.8 Å². The number of hydrogen-bond donors (Lipinski definition) is 2. The third-order valence-corrected chi connectivity index (χ3v) is 3.27. The van der Waals surface area contributed by atoms with Gasteiger partial charge in [-0.3, -0.25) is 9.59 Å². The Labute approximate surface area is 130 Å². The molecule has 0 aliphatic rings. The van der Waals surface area contributed by atoms with Crippen molar-refractivity contribution in [2.45, 2.75) is 19.8 Å². The number of carbonyl (C=O) groups is 2. The first-order chi connectivity index (χ1) is 10.7. The minimum absolute atomic E-state index is 0.0223. The fourth-order valence-electron chi connectivity index (χ4n) is 2.13. The first kappa shape index (κ1) is 15.8. The van der Waals surface area contributed by atoms with Crippen LogP contribution in [0, 0.1) is 0 Å². The second-order valence-corrected chi connectivity index (χ2v) is 5.09. The molecule has 116 valence electrons. The Bertz CT molecular complexity index is 621. The van der Waals surface area contributed by atoms with Crippen LogP contribution in [-0.4, -0.2) is 29.5 Å². The Balaban J connectivity index is 1.80. The normalized spacial score (nSPS) is 10.2. The lowest BCUT2D eigenvalue weighted by Gasteiger charge is -2.08. The van der Waals surface area contributed by atoms with E-state index in [2.05, 4.69) is 10.6 Å². The molecule has 2 N–H and O–H groups in total. The third kappa shape index (κ3) is 4.77. The summed E-state index contributed by atoms with van der Waals surface area (Å²) in [6.45, 7) is 2.75. The Kier molecular flexibility index (Phi) is 5.77. The van der Waals surface area contributed by atoms with Gasteiger partial charge in [-0.1, -0.05) is 6.07 Å². The summed E-state index contributed by atoms with van der Waals surface area (Å²) in [7, 11) is 0. The molecule has 0 fully saturated rings. The largest absolute Gasteiger partial charge is 0.356 e. The molecule has 0 unspecified atom stereocenters. The molecule has 0 saturated carbocycles. The highest BCUT2D eigenvalue weighted by molar-refractivity contribution is 5.94. The van der Waals surface area contributed by atoms with Gasteiger partial charge in [-0.25, -0.2) is 0 Å². The Morgan fingerprint density at radius 1 is 1.00 bits per heavy atom. The third-order valence-electron chi connectivity index (χ3n) is 3.27. The highest BCUT2D eigenvalue weighted by Gasteiger charge is 2.06. The van der Waals surface area contributed by atoms with Gasteiger partial charge in [0.15, 0.2) is 0 Å². The lowest BCUT2D eigenvalue weighted by atomic mass is 10.2. The monoisotopic (exact) mass is 299 g/mol. The number of unbranched alkanes of at least 4 members (excludes halogenated alkanes) is 1. The van der Waals surface area contributed by atoms with Crippen LogP contribution in [0.15, 0.2) is 48.8 Å². The SMILES string of the molecule is CC(=O)NCCCCNC(=O)c1cccc(-n2cccc2)c1.